The van der Waals surface area contributed by atoms with Crippen LogP contribution in [0.2, 0.25) is 0 Å². The molecule has 0 unspecified atom stereocenters. The highest BCUT2D eigenvalue weighted by Crippen LogP contribution is 2.45. The Bertz CT molecular complexity index is 1690. The Morgan fingerprint density at radius 2 is 1.88 bits per heavy atom. The normalized spacial score (nSPS) is 16.2. The number of aryl methyl sites for hydroxylation is 1. The highest BCUT2D eigenvalue weighted by molar-refractivity contribution is 7.80. The lowest BCUT2D eigenvalue weighted by Crippen LogP contribution is -2.29. The van der Waals surface area contributed by atoms with E-state index in [4.69, 9.17) is 21.7 Å². The number of thiocarbonyl (C=S) groups is 1. The molecule has 3 heterocycles. The van der Waals surface area contributed by atoms with E-state index in [9.17, 15) is 14.9 Å². The quantitative estimate of drug-likeness (QED) is 0.155. The monoisotopic (exact) mass is 586 g/mol. The molecule has 0 aliphatic carbocycles. The van der Waals surface area contributed by atoms with E-state index in [2.05, 4.69) is 15.6 Å². The number of anilines is 2. The lowest BCUT2D eigenvalue weighted by molar-refractivity contribution is -0.384. The minimum absolute atomic E-state index is 0.0731. The van der Waals surface area contributed by atoms with E-state index in [-0.39, 0.29) is 23.7 Å². The molecule has 0 spiro atoms. The molecule has 1 aliphatic rings. The molecule has 5 rings (SSSR count). The van der Waals surface area contributed by atoms with Crippen LogP contribution in [-0.4, -0.2) is 39.7 Å². The average Bonchev–Trinajstić information content (AvgIpc) is 3.47. The Balaban J connectivity index is 1.70. The number of methoxy groups -OCH3 is 2. The van der Waals surface area contributed by atoms with E-state index >= 15 is 0 Å². The summed E-state index contributed by atoms with van der Waals surface area (Å²) in [7, 11) is 3.01. The number of carbonyl (C=O) groups excluding carboxylic acids is 1. The summed E-state index contributed by atoms with van der Waals surface area (Å²) in [6.07, 6.45) is 1.73. The lowest BCUT2D eigenvalue weighted by Gasteiger charge is -2.29. The zero-order chi connectivity index (χ0) is 30.1. The molecule has 2 N–H and O–H groups in total. The number of ether oxygens (including phenoxy) is 2. The number of aromatic nitrogens is 2. The minimum Gasteiger partial charge on any atom is -0.496 e. The second-order valence-corrected chi connectivity index (χ2v) is 10.2. The third kappa shape index (κ3) is 5.12. The third-order valence-corrected chi connectivity index (χ3v) is 7.59. The zero-order valence-corrected chi connectivity index (χ0v) is 24.6. The smallest absolute Gasteiger partial charge is 0.296 e. The Kier molecular flexibility index (Phi) is 7.81. The Labute approximate surface area is 248 Å². The number of hydrogen-bond acceptors (Lipinski definition) is 7. The van der Waals surface area contributed by atoms with Crippen molar-refractivity contribution < 1.29 is 19.2 Å². The van der Waals surface area contributed by atoms with Gasteiger partial charge in [-0.3, -0.25) is 19.9 Å². The van der Waals surface area contributed by atoms with Crippen molar-refractivity contribution >= 4 is 40.3 Å². The fraction of sp³-hybridized carbons (Fsp3) is 0.233. The first-order chi connectivity index (χ1) is 20.1. The highest BCUT2D eigenvalue weighted by Gasteiger charge is 2.42. The number of rotatable bonds is 8. The van der Waals surface area contributed by atoms with Crippen molar-refractivity contribution in [1.29, 1.82) is 0 Å². The average molecular weight is 587 g/mol. The maximum absolute atomic E-state index is 12.1. The van der Waals surface area contributed by atoms with Gasteiger partial charge in [-0.1, -0.05) is 6.07 Å². The highest BCUT2D eigenvalue weighted by atomic mass is 32.1. The van der Waals surface area contributed by atoms with Crippen LogP contribution in [0.4, 0.5) is 17.1 Å². The van der Waals surface area contributed by atoms with Crippen LogP contribution in [-0.2, 0) is 4.79 Å². The second kappa shape index (κ2) is 11.5. The van der Waals surface area contributed by atoms with E-state index in [1.54, 1.807) is 24.4 Å². The molecule has 1 aliphatic heterocycles. The van der Waals surface area contributed by atoms with Crippen LogP contribution in [0, 0.1) is 24.0 Å². The predicted molar refractivity (Wildman–Crippen MR) is 164 cm³/mol. The molecule has 2 aromatic heterocycles. The number of nitro benzene ring substituents is 1. The topological polar surface area (TPSA) is 124 Å². The molecule has 12 heteroatoms. The third-order valence-electron chi connectivity index (χ3n) is 7.28. The van der Waals surface area contributed by atoms with Gasteiger partial charge >= 0.3 is 0 Å². The standard InChI is InChI=1S/C30H30N6O5S/c1-17-14-22(18(2)34(17)25-11-10-21(40-4)16-26(25)36(38)39)29-28(23-8-6-7-13-31-23)33-30(42)35(29)20-9-12-27(41-5)24(15-20)32-19(3)37/h6-16,28-29H,1-5H3,(H,32,37)(H,33,42)/t28-,29-/m0/s1. The molecular formula is C30H30N6O5S. The molecule has 4 aromatic rings. The van der Waals surface area contributed by atoms with Crippen LogP contribution in [0.1, 0.15) is 41.7 Å². The maximum Gasteiger partial charge on any atom is 0.296 e. The van der Waals surface area contributed by atoms with Crippen molar-refractivity contribution in [3.8, 4) is 17.2 Å². The number of hydrogen-bond donors (Lipinski definition) is 2. The number of nitrogens with zero attached hydrogens (tertiary/aromatic N) is 4. The molecule has 42 heavy (non-hydrogen) atoms. The van der Waals surface area contributed by atoms with Crippen LogP contribution >= 0.6 is 12.2 Å². The van der Waals surface area contributed by atoms with Crippen molar-refractivity contribution in [1.82, 2.24) is 14.9 Å². The fourth-order valence-corrected chi connectivity index (χ4v) is 5.85. The second-order valence-electron chi connectivity index (χ2n) is 9.84. The van der Waals surface area contributed by atoms with Gasteiger partial charge in [-0.25, -0.2) is 0 Å². The van der Waals surface area contributed by atoms with Crippen LogP contribution < -0.4 is 25.0 Å². The molecule has 1 amide bonds. The van der Waals surface area contributed by atoms with Crippen LogP contribution in [0.3, 0.4) is 0 Å². The number of pyridine rings is 1. The largest absolute Gasteiger partial charge is 0.496 e. The first-order valence-electron chi connectivity index (χ1n) is 13.1. The van der Waals surface area contributed by atoms with E-state index in [0.29, 0.717) is 28.0 Å². The van der Waals surface area contributed by atoms with Crippen LogP contribution in [0.25, 0.3) is 5.69 Å². The summed E-state index contributed by atoms with van der Waals surface area (Å²) in [5.74, 6) is 0.671. The van der Waals surface area contributed by atoms with Crippen molar-refractivity contribution in [3.63, 3.8) is 0 Å². The van der Waals surface area contributed by atoms with E-state index in [0.717, 1.165) is 28.3 Å². The molecule has 0 saturated carbocycles. The molecule has 216 valence electrons. The number of amides is 1. The van der Waals surface area contributed by atoms with Gasteiger partial charge in [0.05, 0.1) is 48.7 Å². The first-order valence-corrected chi connectivity index (χ1v) is 13.5. The maximum atomic E-state index is 12.1. The van der Waals surface area contributed by atoms with Gasteiger partial charge in [-0.2, -0.15) is 0 Å². The van der Waals surface area contributed by atoms with Gasteiger partial charge in [0.25, 0.3) is 5.69 Å². The summed E-state index contributed by atoms with van der Waals surface area (Å²) < 4.78 is 12.6. The SMILES string of the molecule is COc1ccc(-n2c(C)cc([C@H]3[C@H](c4ccccn4)NC(=S)N3c3ccc(OC)c(NC(C)=O)c3)c2C)c([N+](=O)[O-])c1. The Morgan fingerprint density at radius 3 is 2.52 bits per heavy atom. The zero-order valence-electron chi connectivity index (χ0n) is 23.7. The van der Waals surface area contributed by atoms with Gasteiger partial charge in [-0.05, 0) is 80.2 Å². The van der Waals surface area contributed by atoms with Gasteiger partial charge in [-0.15, -0.1) is 0 Å². The lowest BCUT2D eigenvalue weighted by atomic mass is 9.96. The van der Waals surface area contributed by atoms with Gasteiger partial charge in [0, 0.05) is 30.2 Å². The summed E-state index contributed by atoms with van der Waals surface area (Å²) in [6, 6.07) is 17.3. The predicted octanol–water partition coefficient (Wildman–Crippen LogP) is 5.55. The Morgan fingerprint density at radius 1 is 1.10 bits per heavy atom. The van der Waals surface area contributed by atoms with Gasteiger partial charge in [0.1, 0.15) is 17.2 Å². The summed E-state index contributed by atoms with van der Waals surface area (Å²) in [5.41, 5.74) is 4.87. The molecule has 2 atom stereocenters. The minimum atomic E-state index is -0.410. The summed E-state index contributed by atoms with van der Waals surface area (Å²) in [6.45, 7) is 5.27. The Hall–Kier alpha value is -4.97. The van der Waals surface area contributed by atoms with Crippen LogP contribution in [0.15, 0.2) is 66.9 Å². The molecule has 0 radical (unpaired) electrons. The fourth-order valence-electron chi connectivity index (χ4n) is 5.51. The molecule has 0 bridgehead atoms. The molecule has 1 fully saturated rings. The first kappa shape index (κ1) is 28.6. The van der Waals surface area contributed by atoms with E-state index in [1.165, 1.54) is 27.2 Å². The summed E-state index contributed by atoms with van der Waals surface area (Å²) in [5, 5.41) is 18.8. The van der Waals surface area contributed by atoms with Crippen molar-refractivity contribution in [2.75, 3.05) is 24.4 Å². The molecular weight excluding hydrogens is 556 g/mol. The van der Waals surface area contributed by atoms with Crippen molar-refractivity contribution in [2.24, 2.45) is 0 Å². The number of benzene rings is 2. The van der Waals surface area contributed by atoms with Gasteiger partial charge in [0.2, 0.25) is 5.91 Å². The molecule has 11 nitrogen and oxygen atoms in total. The van der Waals surface area contributed by atoms with Crippen molar-refractivity contribution in [3.05, 3.63) is 99.6 Å². The van der Waals surface area contributed by atoms with Gasteiger partial charge in [0.15, 0.2) is 5.11 Å². The van der Waals surface area contributed by atoms with Crippen LogP contribution in [0.5, 0.6) is 11.5 Å². The number of carbonyl (C=O) groups is 1. The number of nitrogens with one attached hydrogen (secondary N) is 2. The summed E-state index contributed by atoms with van der Waals surface area (Å²) >= 11 is 5.89. The van der Waals surface area contributed by atoms with Gasteiger partial charge < -0.3 is 29.6 Å². The number of nitro groups is 1. The molecule has 1 saturated heterocycles. The summed E-state index contributed by atoms with van der Waals surface area (Å²) in [4.78, 5) is 30.2. The van der Waals surface area contributed by atoms with Crippen molar-refractivity contribution in [2.45, 2.75) is 32.9 Å². The molecule has 2 aromatic carbocycles. The van der Waals surface area contributed by atoms with E-state index in [1.807, 2.05) is 59.7 Å². The van der Waals surface area contributed by atoms with E-state index < -0.39 is 4.92 Å².